The normalized spacial score (nSPS) is 13.3. The van der Waals surface area contributed by atoms with E-state index in [-0.39, 0.29) is 5.92 Å². The van der Waals surface area contributed by atoms with E-state index in [1.165, 1.54) is 70.3 Å². The van der Waals surface area contributed by atoms with Gasteiger partial charge in [0, 0.05) is 26.1 Å². The second-order valence-electron chi connectivity index (χ2n) is 10.5. The van der Waals surface area contributed by atoms with E-state index in [0.29, 0.717) is 0 Å². The Morgan fingerprint density at radius 3 is 1.48 bits per heavy atom. The maximum Gasteiger partial charge on any atom is 0.0358 e. The first-order valence-electron chi connectivity index (χ1n) is 13.8. The van der Waals surface area contributed by atoms with Crippen molar-refractivity contribution in [2.45, 2.75) is 5.92 Å². The fraction of sp³-hybridized carbons (Fsp3) is 0.0256. The van der Waals surface area contributed by atoms with Crippen LogP contribution in [-0.2, 0) is 0 Å². The van der Waals surface area contributed by atoms with Gasteiger partial charge in [-0.25, -0.2) is 0 Å². The molecule has 8 rings (SSSR count). The van der Waals surface area contributed by atoms with Crippen LogP contribution in [0.3, 0.4) is 0 Å². The van der Waals surface area contributed by atoms with E-state index in [4.69, 9.17) is 0 Å². The third kappa shape index (κ3) is 3.99. The molecule has 0 spiro atoms. The van der Waals surface area contributed by atoms with Gasteiger partial charge in [-0.2, -0.15) is 0 Å². The fourth-order valence-corrected chi connectivity index (χ4v) is 7.20. The van der Waals surface area contributed by atoms with E-state index >= 15 is 0 Å². The van der Waals surface area contributed by atoms with Crippen molar-refractivity contribution in [1.82, 2.24) is 0 Å². The van der Waals surface area contributed by atoms with E-state index in [1.54, 1.807) is 0 Å². The lowest BCUT2D eigenvalue weighted by atomic mass is 9.96. The van der Waals surface area contributed by atoms with Crippen molar-refractivity contribution in [2.75, 3.05) is 0 Å². The van der Waals surface area contributed by atoms with Crippen LogP contribution in [0.4, 0.5) is 0 Å². The van der Waals surface area contributed by atoms with Gasteiger partial charge in [-0.3, -0.25) is 0 Å². The lowest BCUT2D eigenvalue weighted by molar-refractivity contribution is 1.26. The smallest absolute Gasteiger partial charge is 0.0358 e. The molecule has 1 aliphatic carbocycles. The summed E-state index contributed by atoms with van der Waals surface area (Å²) in [4.78, 5) is 0. The highest BCUT2D eigenvalue weighted by Crippen LogP contribution is 2.60. The summed E-state index contributed by atoms with van der Waals surface area (Å²) in [5, 5.41) is 2.71. The molecule has 0 bridgehead atoms. The number of fused-ring (bicyclic) bond motifs is 3. The largest absolute Gasteiger partial charge is 0.135 e. The molecule has 40 heavy (non-hydrogen) atoms. The summed E-state index contributed by atoms with van der Waals surface area (Å²) < 4.78 is 2.70. The molecule has 0 unspecified atom stereocenters. The number of rotatable bonds is 5. The summed E-state index contributed by atoms with van der Waals surface area (Å²) in [7, 11) is 0. The summed E-state index contributed by atoms with van der Waals surface area (Å²) in [6.45, 7) is 0. The zero-order valence-electron chi connectivity index (χ0n) is 21.9. The van der Waals surface area contributed by atoms with Gasteiger partial charge >= 0.3 is 0 Å². The van der Waals surface area contributed by atoms with Gasteiger partial charge in [0.25, 0.3) is 0 Å². The van der Waals surface area contributed by atoms with Gasteiger partial charge in [0.1, 0.15) is 0 Å². The number of hydrogen-bond acceptors (Lipinski definition) is 1. The summed E-state index contributed by atoms with van der Waals surface area (Å²) in [6.07, 6.45) is 0. The average molecular weight is 527 g/mol. The summed E-state index contributed by atoms with van der Waals surface area (Å²) >= 11 is 1.88. The Kier molecular flexibility index (Phi) is 5.50. The monoisotopic (exact) mass is 526 g/mol. The van der Waals surface area contributed by atoms with Gasteiger partial charge in [0.05, 0.1) is 0 Å². The van der Waals surface area contributed by atoms with E-state index < -0.39 is 0 Å². The van der Waals surface area contributed by atoms with E-state index in [0.717, 1.165) is 0 Å². The van der Waals surface area contributed by atoms with E-state index in [2.05, 4.69) is 152 Å². The second kappa shape index (κ2) is 9.48. The SMILES string of the molecule is c1ccc(-c2cccc(C3=C(c4cccc(-c5ccccc5)c4)C3c3ccc4sc5ccccc5c4c3)c2)cc1. The molecule has 188 valence electrons. The van der Waals surface area contributed by atoms with Crippen molar-refractivity contribution in [1.29, 1.82) is 0 Å². The topological polar surface area (TPSA) is 0 Å². The van der Waals surface area contributed by atoms with Gasteiger partial charge in [-0.05, 0) is 80.4 Å². The van der Waals surface area contributed by atoms with Crippen LogP contribution in [-0.4, -0.2) is 0 Å². The van der Waals surface area contributed by atoms with Crippen molar-refractivity contribution >= 4 is 42.7 Å². The van der Waals surface area contributed by atoms with Crippen molar-refractivity contribution in [3.63, 3.8) is 0 Å². The minimum Gasteiger partial charge on any atom is -0.135 e. The van der Waals surface area contributed by atoms with Gasteiger partial charge in [-0.15, -0.1) is 11.3 Å². The second-order valence-corrected chi connectivity index (χ2v) is 11.6. The Morgan fingerprint density at radius 1 is 0.350 bits per heavy atom. The van der Waals surface area contributed by atoms with Crippen LogP contribution in [0.15, 0.2) is 152 Å². The van der Waals surface area contributed by atoms with Crippen molar-refractivity contribution in [3.05, 3.63) is 168 Å². The Labute approximate surface area is 238 Å². The summed E-state index contributed by atoms with van der Waals surface area (Å²) in [5.74, 6) is 0.278. The third-order valence-corrected chi connectivity index (χ3v) is 9.23. The predicted molar refractivity (Wildman–Crippen MR) is 173 cm³/mol. The van der Waals surface area contributed by atoms with Gasteiger partial charge < -0.3 is 0 Å². The zero-order chi connectivity index (χ0) is 26.5. The highest BCUT2D eigenvalue weighted by atomic mass is 32.1. The van der Waals surface area contributed by atoms with Crippen LogP contribution >= 0.6 is 11.3 Å². The highest BCUT2D eigenvalue weighted by molar-refractivity contribution is 7.25. The van der Waals surface area contributed by atoms with E-state index in [1.807, 2.05) is 11.3 Å². The molecule has 1 heteroatoms. The van der Waals surface area contributed by atoms with Gasteiger partial charge in [-0.1, -0.05) is 121 Å². The minimum absolute atomic E-state index is 0.278. The maximum absolute atomic E-state index is 2.44. The molecule has 0 saturated heterocycles. The quantitative estimate of drug-likeness (QED) is 0.209. The standard InChI is InChI=1S/C39H26S/c1-3-11-26(12-4-1)28-15-9-17-30(23-28)37-38(31-18-10-16-29(24-31)27-13-5-2-6-14-27)39(37)32-21-22-36-34(25-32)33-19-7-8-20-35(33)40-36/h1-25,39H. The molecule has 0 amide bonds. The Morgan fingerprint density at radius 2 is 0.850 bits per heavy atom. The van der Waals surface area contributed by atoms with Crippen LogP contribution in [0.2, 0.25) is 0 Å². The molecule has 0 atom stereocenters. The van der Waals surface area contributed by atoms with Crippen molar-refractivity contribution in [3.8, 4) is 22.3 Å². The molecule has 1 heterocycles. The summed E-state index contributed by atoms with van der Waals surface area (Å²) in [5.41, 5.74) is 11.9. The molecule has 0 radical (unpaired) electrons. The number of benzene rings is 6. The first-order chi connectivity index (χ1) is 19.8. The zero-order valence-corrected chi connectivity index (χ0v) is 22.7. The van der Waals surface area contributed by atoms with Gasteiger partial charge in [0.2, 0.25) is 0 Å². The lowest BCUT2D eigenvalue weighted by Gasteiger charge is -2.07. The Bertz CT molecular complexity index is 1950. The lowest BCUT2D eigenvalue weighted by Crippen LogP contribution is -1.87. The molecule has 0 N–H and O–H groups in total. The average Bonchev–Trinajstić information content (AvgIpc) is 3.68. The third-order valence-electron chi connectivity index (χ3n) is 8.08. The molecule has 0 fully saturated rings. The Hall–Kier alpha value is -4.72. The van der Waals surface area contributed by atoms with Crippen LogP contribution in [0.1, 0.15) is 22.6 Å². The number of allylic oxidation sites excluding steroid dienone is 2. The first kappa shape index (κ1) is 23.2. The number of thiophene rings is 1. The molecule has 1 aromatic heterocycles. The molecular formula is C39H26S. The highest BCUT2D eigenvalue weighted by Gasteiger charge is 2.39. The molecule has 7 aromatic rings. The molecule has 0 nitrogen and oxygen atoms in total. The number of hydrogen-bond donors (Lipinski definition) is 0. The van der Waals surface area contributed by atoms with Crippen LogP contribution in [0.25, 0.3) is 53.6 Å². The molecular weight excluding hydrogens is 500 g/mol. The van der Waals surface area contributed by atoms with Crippen LogP contribution in [0.5, 0.6) is 0 Å². The van der Waals surface area contributed by atoms with Crippen LogP contribution < -0.4 is 0 Å². The van der Waals surface area contributed by atoms with Crippen molar-refractivity contribution < 1.29 is 0 Å². The predicted octanol–water partition coefficient (Wildman–Crippen LogP) is 11.1. The first-order valence-corrected chi connectivity index (χ1v) is 14.6. The fourth-order valence-electron chi connectivity index (χ4n) is 6.12. The molecule has 1 aliphatic rings. The van der Waals surface area contributed by atoms with Crippen molar-refractivity contribution in [2.24, 2.45) is 0 Å². The summed E-state index contributed by atoms with van der Waals surface area (Å²) in [6, 6.07) is 55.4. The maximum atomic E-state index is 2.44. The Balaban J connectivity index is 1.28. The van der Waals surface area contributed by atoms with Gasteiger partial charge in [0.15, 0.2) is 0 Å². The molecule has 6 aromatic carbocycles. The van der Waals surface area contributed by atoms with Crippen LogP contribution in [0, 0.1) is 0 Å². The van der Waals surface area contributed by atoms with E-state index in [9.17, 15) is 0 Å². The molecule has 0 saturated carbocycles. The molecule has 0 aliphatic heterocycles. The minimum atomic E-state index is 0.278.